The van der Waals surface area contributed by atoms with Gasteiger partial charge in [-0.05, 0) is 19.3 Å². The number of hydrogen-bond donors (Lipinski definition) is 2. The van der Waals surface area contributed by atoms with Crippen LogP contribution in [0.3, 0.4) is 0 Å². The summed E-state index contributed by atoms with van der Waals surface area (Å²) in [5, 5.41) is 0. The van der Waals surface area contributed by atoms with Gasteiger partial charge in [0.05, 0.1) is 18.8 Å². The van der Waals surface area contributed by atoms with E-state index >= 15 is 0 Å². The fourth-order valence-corrected chi connectivity index (χ4v) is 2.58. The summed E-state index contributed by atoms with van der Waals surface area (Å²) < 4.78 is 10.9. The highest BCUT2D eigenvalue weighted by atomic mass is 16.5. The Morgan fingerprint density at radius 1 is 1.62 bits per heavy atom. The highest BCUT2D eigenvalue weighted by Crippen LogP contribution is 2.40. The number of nitrogens with one attached hydrogen (secondary N) is 1. The Balaban J connectivity index is 1.92. The average Bonchev–Trinajstić information content (AvgIpc) is 2.74. The van der Waals surface area contributed by atoms with Gasteiger partial charge in [-0.3, -0.25) is 11.3 Å². The molecule has 0 aromatic rings. The van der Waals surface area contributed by atoms with Gasteiger partial charge in [0.15, 0.2) is 0 Å². The molecule has 4 heteroatoms. The van der Waals surface area contributed by atoms with E-state index in [4.69, 9.17) is 15.3 Å². The van der Waals surface area contributed by atoms with E-state index in [1.54, 1.807) is 7.11 Å². The molecule has 0 aromatic heterocycles. The van der Waals surface area contributed by atoms with Crippen LogP contribution in [-0.2, 0) is 9.47 Å². The van der Waals surface area contributed by atoms with Gasteiger partial charge in [0.1, 0.15) is 0 Å². The second-order valence-corrected chi connectivity index (χ2v) is 4.00. The molecule has 0 aliphatic carbocycles. The van der Waals surface area contributed by atoms with Crippen molar-refractivity contribution in [3.63, 3.8) is 0 Å². The zero-order chi connectivity index (χ0) is 9.26. The van der Waals surface area contributed by atoms with Crippen molar-refractivity contribution >= 4 is 0 Å². The van der Waals surface area contributed by atoms with Gasteiger partial charge in [0.25, 0.3) is 0 Å². The van der Waals surface area contributed by atoms with Crippen molar-refractivity contribution < 1.29 is 9.47 Å². The Labute approximate surface area is 78.7 Å². The first-order valence-corrected chi connectivity index (χ1v) is 4.95. The standard InChI is InChI=1S/C9H18N2O2/c1-12-5-8(11-10)7-4-6-2-3-9(7)13-6/h6-9,11H,2-5,10H2,1H3. The van der Waals surface area contributed by atoms with Crippen LogP contribution in [0.1, 0.15) is 19.3 Å². The molecular weight excluding hydrogens is 168 g/mol. The van der Waals surface area contributed by atoms with Crippen molar-refractivity contribution in [3.8, 4) is 0 Å². The lowest BCUT2D eigenvalue weighted by molar-refractivity contribution is 0.0707. The number of methoxy groups -OCH3 is 1. The lowest BCUT2D eigenvalue weighted by Gasteiger charge is -2.27. The van der Waals surface area contributed by atoms with E-state index in [0.29, 0.717) is 24.7 Å². The van der Waals surface area contributed by atoms with Crippen LogP contribution in [0.2, 0.25) is 0 Å². The van der Waals surface area contributed by atoms with E-state index in [0.717, 1.165) is 6.42 Å². The minimum Gasteiger partial charge on any atom is -0.383 e. The zero-order valence-corrected chi connectivity index (χ0v) is 8.03. The summed E-state index contributed by atoms with van der Waals surface area (Å²) in [6.45, 7) is 0.674. The number of fused-ring (bicyclic) bond motifs is 2. The van der Waals surface area contributed by atoms with Gasteiger partial charge in [0, 0.05) is 19.1 Å². The van der Waals surface area contributed by atoms with Gasteiger partial charge in [-0.1, -0.05) is 0 Å². The highest BCUT2D eigenvalue weighted by molar-refractivity contribution is 4.94. The SMILES string of the molecule is COCC(NN)C1CC2CCC1O2. The fourth-order valence-electron chi connectivity index (χ4n) is 2.58. The van der Waals surface area contributed by atoms with E-state index < -0.39 is 0 Å². The first-order chi connectivity index (χ1) is 6.35. The molecule has 2 saturated heterocycles. The monoisotopic (exact) mass is 186 g/mol. The van der Waals surface area contributed by atoms with E-state index in [2.05, 4.69) is 5.43 Å². The Kier molecular flexibility index (Phi) is 2.83. The summed E-state index contributed by atoms with van der Waals surface area (Å²) in [6, 6.07) is 0.250. The molecule has 3 N–H and O–H groups in total. The molecule has 0 aromatic carbocycles. The smallest absolute Gasteiger partial charge is 0.0633 e. The normalized spacial score (nSPS) is 39.7. The zero-order valence-electron chi connectivity index (χ0n) is 8.03. The van der Waals surface area contributed by atoms with Crippen LogP contribution in [0.5, 0.6) is 0 Å². The van der Waals surface area contributed by atoms with E-state index in [1.165, 1.54) is 12.8 Å². The molecule has 2 fully saturated rings. The molecule has 0 saturated carbocycles. The minimum absolute atomic E-state index is 0.250. The Morgan fingerprint density at radius 2 is 2.46 bits per heavy atom. The van der Waals surface area contributed by atoms with Gasteiger partial charge in [0.2, 0.25) is 0 Å². The quantitative estimate of drug-likeness (QED) is 0.480. The van der Waals surface area contributed by atoms with Crippen molar-refractivity contribution in [3.05, 3.63) is 0 Å². The average molecular weight is 186 g/mol. The third-order valence-corrected chi connectivity index (χ3v) is 3.23. The lowest BCUT2D eigenvalue weighted by Crippen LogP contribution is -2.47. The molecule has 2 bridgehead atoms. The van der Waals surface area contributed by atoms with Crippen molar-refractivity contribution in [1.29, 1.82) is 0 Å². The molecule has 2 aliphatic rings. The maximum atomic E-state index is 5.76. The summed E-state index contributed by atoms with van der Waals surface area (Å²) >= 11 is 0. The molecule has 2 rings (SSSR count). The van der Waals surface area contributed by atoms with Crippen LogP contribution >= 0.6 is 0 Å². The molecule has 13 heavy (non-hydrogen) atoms. The van der Waals surface area contributed by atoms with Crippen molar-refractivity contribution in [2.45, 2.75) is 37.5 Å². The lowest BCUT2D eigenvalue weighted by atomic mass is 9.84. The minimum atomic E-state index is 0.250. The number of ether oxygens (including phenoxy) is 2. The topological polar surface area (TPSA) is 56.5 Å². The largest absolute Gasteiger partial charge is 0.383 e. The number of hydrazine groups is 1. The summed E-state index contributed by atoms with van der Waals surface area (Å²) in [6.07, 6.45) is 4.47. The Hall–Kier alpha value is -0.160. The summed E-state index contributed by atoms with van der Waals surface area (Å²) in [5.74, 6) is 6.03. The molecule has 2 aliphatic heterocycles. The van der Waals surface area contributed by atoms with Gasteiger partial charge in [-0.15, -0.1) is 0 Å². The van der Waals surface area contributed by atoms with Crippen LogP contribution in [-0.4, -0.2) is 32.0 Å². The van der Waals surface area contributed by atoms with Gasteiger partial charge < -0.3 is 9.47 Å². The van der Waals surface area contributed by atoms with Crippen LogP contribution < -0.4 is 11.3 Å². The van der Waals surface area contributed by atoms with Crippen LogP contribution in [0, 0.1) is 5.92 Å². The first kappa shape index (κ1) is 9.40. The first-order valence-electron chi connectivity index (χ1n) is 4.95. The van der Waals surface area contributed by atoms with E-state index in [9.17, 15) is 0 Å². The Morgan fingerprint density at radius 3 is 2.92 bits per heavy atom. The summed E-state index contributed by atoms with van der Waals surface area (Å²) in [7, 11) is 1.71. The molecule has 0 radical (unpaired) electrons. The summed E-state index contributed by atoms with van der Waals surface area (Å²) in [5.41, 5.74) is 2.82. The molecule has 0 spiro atoms. The predicted molar refractivity (Wildman–Crippen MR) is 49.0 cm³/mol. The second-order valence-electron chi connectivity index (χ2n) is 4.00. The number of rotatable bonds is 4. The van der Waals surface area contributed by atoms with Gasteiger partial charge in [-0.2, -0.15) is 0 Å². The van der Waals surface area contributed by atoms with Crippen LogP contribution in [0.4, 0.5) is 0 Å². The Bertz CT molecular complexity index is 177. The number of hydrogen-bond acceptors (Lipinski definition) is 4. The molecular formula is C9H18N2O2. The van der Waals surface area contributed by atoms with E-state index in [-0.39, 0.29) is 6.04 Å². The molecule has 2 heterocycles. The third kappa shape index (κ3) is 1.72. The maximum Gasteiger partial charge on any atom is 0.0633 e. The molecule has 4 nitrogen and oxygen atoms in total. The van der Waals surface area contributed by atoms with Crippen molar-refractivity contribution in [2.75, 3.05) is 13.7 Å². The molecule has 76 valence electrons. The van der Waals surface area contributed by atoms with Crippen molar-refractivity contribution in [2.24, 2.45) is 11.8 Å². The van der Waals surface area contributed by atoms with Gasteiger partial charge in [-0.25, -0.2) is 0 Å². The highest BCUT2D eigenvalue weighted by Gasteiger charge is 2.43. The van der Waals surface area contributed by atoms with E-state index in [1.807, 2.05) is 0 Å². The maximum absolute atomic E-state index is 5.76. The van der Waals surface area contributed by atoms with Crippen LogP contribution in [0.25, 0.3) is 0 Å². The number of nitrogens with two attached hydrogens (primary N) is 1. The second kappa shape index (κ2) is 3.92. The van der Waals surface area contributed by atoms with Gasteiger partial charge >= 0.3 is 0 Å². The van der Waals surface area contributed by atoms with Crippen LogP contribution in [0.15, 0.2) is 0 Å². The fraction of sp³-hybridized carbons (Fsp3) is 1.00. The molecule has 4 unspecified atom stereocenters. The molecule has 4 atom stereocenters. The predicted octanol–water partition coefficient (Wildman–Crippen LogP) is 0.0322. The summed E-state index contributed by atoms with van der Waals surface area (Å²) in [4.78, 5) is 0. The molecule has 0 amide bonds. The third-order valence-electron chi connectivity index (χ3n) is 3.23. The van der Waals surface area contributed by atoms with Crippen molar-refractivity contribution in [1.82, 2.24) is 5.43 Å².